The highest BCUT2D eigenvalue weighted by atomic mass is 35.5. The highest BCUT2D eigenvalue weighted by Crippen LogP contribution is 2.32. The van der Waals surface area contributed by atoms with E-state index in [1.54, 1.807) is 11.3 Å². The highest BCUT2D eigenvalue weighted by Gasteiger charge is 2.37. The fourth-order valence-electron chi connectivity index (χ4n) is 4.07. The Hall–Kier alpha value is -1.40. The molecule has 0 amide bonds. The quantitative estimate of drug-likeness (QED) is 0.791. The summed E-state index contributed by atoms with van der Waals surface area (Å²) in [6.45, 7) is 2.69. The van der Waals surface area contributed by atoms with Crippen molar-refractivity contribution in [2.24, 2.45) is 5.92 Å². The Bertz CT molecular complexity index is 779. The standard InChI is InChI=1S/C21H25NO3S.ClH/c1-13-11-16-19(26-13)10-7-14(20(16)23)12-22-17-8-9-18(21(17)24)25-15-5-3-2-4-6-15;/h2-6,11,14,17-18,21-22,24H,7-10,12H2,1H3;1H/t14?,17-,18+,21+;/m1./s1. The number of ketones is 1. The molecule has 2 aliphatic carbocycles. The molecule has 1 aromatic carbocycles. The van der Waals surface area contributed by atoms with Crippen LogP contribution in [0.3, 0.4) is 0 Å². The number of fused-ring (bicyclic) bond motifs is 1. The lowest BCUT2D eigenvalue weighted by molar-refractivity contribution is 0.0442. The van der Waals surface area contributed by atoms with Crippen molar-refractivity contribution in [2.75, 3.05) is 6.54 Å². The van der Waals surface area contributed by atoms with Gasteiger partial charge in [0.15, 0.2) is 5.78 Å². The topological polar surface area (TPSA) is 58.6 Å². The van der Waals surface area contributed by atoms with Gasteiger partial charge in [0, 0.05) is 33.8 Å². The average molecular weight is 408 g/mol. The Morgan fingerprint density at radius 2 is 2.00 bits per heavy atom. The summed E-state index contributed by atoms with van der Waals surface area (Å²) in [7, 11) is 0. The fourth-order valence-corrected chi connectivity index (χ4v) is 5.13. The van der Waals surface area contributed by atoms with E-state index in [-0.39, 0.29) is 36.3 Å². The minimum absolute atomic E-state index is 0. The Balaban J connectivity index is 0.00000210. The molecule has 4 rings (SSSR count). The number of hydrogen-bond donors (Lipinski definition) is 2. The number of aryl methyl sites for hydroxylation is 2. The van der Waals surface area contributed by atoms with E-state index in [1.165, 1.54) is 9.75 Å². The van der Waals surface area contributed by atoms with Crippen molar-refractivity contribution in [3.8, 4) is 5.75 Å². The Morgan fingerprint density at radius 3 is 2.78 bits per heavy atom. The number of ether oxygens (including phenoxy) is 1. The van der Waals surface area contributed by atoms with Crippen LogP contribution in [0.4, 0.5) is 0 Å². The molecule has 2 aromatic rings. The van der Waals surface area contributed by atoms with Gasteiger partial charge < -0.3 is 15.2 Å². The Labute approximate surface area is 170 Å². The van der Waals surface area contributed by atoms with E-state index in [0.29, 0.717) is 6.54 Å². The van der Waals surface area contributed by atoms with Crippen LogP contribution in [-0.2, 0) is 6.42 Å². The first kappa shape index (κ1) is 20.3. The van der Waals surface area contributed by atoms with Crippen molar-refractivity contribution in [3.05, 3.63) is 51.7 Å². The van der Waals surface area contributed by atoms with Gasteiger partial charge >= 0.3 is 0 Å². The number of para-hydroxylation sites is 1. The van der Waals surface area contributed by atoms with Crippen molar-refractivity contribution < 1.29 is 14.6 Å². The van der Waals surface area contributed by atoms with Gasteiger partial charge in [0.2, 0.25) is 0 Å². The zero-order valence-corrected chi connectivity index (χ0v) is 17.0. The van der Waals surface area contributed by atoms with Crippen LogP contribution in [0.25, 0.3) is 0 Å². The highest BCUT2D eigenvalue weighted by molar-refractivity contribution is 7.12. The van der Waals surface area contributed by atoms with Gasteiger partial charge in [-0.25, -0.2) is 0 Å². The predicted molar refractivity (Wildman–Crippen MR) is 110 cm³/mol. The minimum Gasteiger partial charge on any atom is -0.488 e. The summed E-state index contributed by atoms with van der Waals surface area (Å²) in [6.07, 6.45) is 2.82. The summed E-state index contributed by atoms with van der Waals surface area (Å²) in [4.78, 5) is 15.2. The van der Waals surface area contributed by atoms with Crippen LogP contribution in [0.15, 0.2) is 36.4 Å². The molecule has 1 fully saturated rings. The minimum atomic E-state index is -0.548. The number of aliphatic hydroxyl groups is 1. The van der Waals surface area contributed by atoms with Gasteiger partial charge in [-0.3, -0.25) is 4.79 Å². The lowest BCUT2D eigenvalue weighted by atomic mass is 9.87. The monoisotopic (exact) mass is 407 g/mol. The first-order valence-corrected chi connectivity index (χ1v) is 10.2. The number of halogens is 1. The van der Waals surface area contributed by atoms with Gasteiger partial charge in [-0.05, 0) is 50.8 Å². The molecule has 4 atom stereocenters. The summed E-state index contributed by atoms with van der Waals surface area (Å²) in [5.41, 5.74) is 0.919. The number of aliphatic hydroxyl groups excluding tert-OH is 1. The maximum atomic E-state index is 12.7. The molecular formula is C21H26ClNO3S. The second-order valence-corrected chi connectivity index (χ2v) is 8.69. The van der Waals surface area contributed by atoms with Crippen LogP contribution in [0.1, 0.15) is 39.4 Å². The van der Waals surface area contributed by atoms with Crippen LogP contribution in [-0.4, -0.2) is 35.7 Å². The van der Waals surface area contributed by atoms with Gasteiger partial charge in [0.05, 0.1) is 0 Å². The molecule has 146 valence electrons. The molecule has 0 spiro atoms. The Morgan fingerprint density at radius 1 is 1.22 bits per heavy atom. The van der Waals surface area contributed by atoms with Gasteiger partial charge in [-0.1, -0.05) is 18.2 Å². The lowest BCUT2D eigenvalue weighted by Crippen LogP contribution is -2.44. The van der Waals surface area contributed by atoms with Crippen molar-refractivity contribution in [1.82, 2.24) is 5.32 Å². The number of nitrogens with one attached hydrogen (secondary N) is 1. The number of hydrogen-bond acceptors (Lipinski definition) is 5. The number of thiophene rings is 1. The molecule has 2 N–H and O–H groups in total. The third-order valence-electron chi connectivity index (χ3n) is 5.50. The van der Waals surface area contributed by atoms with Gasteiger partial charge in [0.25, 0.3) is 0 Å². The number of Topliss-reactive ketones (excluding diaryl/α,β-unsaturated/α-hetero) is 1. The van der Waals surface area contributed by atoms with Gasteiger partial charge in [0.1, 0.15) is 18.0 Å². The average Bonchev–Trinajstić information content (AvgIpc) is 3.19. The fraction of sp³-hybridized carbons (Fsp3) is 0.476. The summed E-state index contributed by atoms with van der Waals surface area (Å²) in [5, 5.41) is 14.0. The lowest BCUT2D eigenvalue weighted by Gasteiger charge is -2.25. The van der Waals surface area contributed by atoms with Crippen LogP contribution in [0, 0.1) is 12.8 Å². The molecule has 0 saturated heterocycles. The van der Waals surface area contributed by atoms with Gasteiger partial charge in [-0.2, -0.15) is 0 Å². The molecule has 2 aliphatic rings. The summed E-state index contributed by atoms with van der Waals surface area (Å²) >= 11 is 1.74. The molecule has 1 saturated carbocycles. The normalized spacial score (nSPS) is 27.1. The number of benzene rings is 1. The molecule has 1 unspecified atom stereocenters. The van der Waals surface area contributed by atoms with Gasteiger partial charge in [-0.15, -0.1) is 23.7 Å². The summed E-state index contributed by atoms with van der Waals surface area (Å²) in [5.74, 6) is 1.06. The first-order valence-electron chi connectivity index (χ1n) is 9.38. The molecule has 0 radical (unpaired) electrons. The summed E-state index contributed by atoms with van der Waals surface area (Å²) < 4.78 is 5.92. The smallest absolute Gasteiger partial charge is 0.168 e. The van der Waals surface area contributed by atoms with Crippen LogP contribution in [0.5, 0.6) is 5.75 Å². The maximum Gasteiger partial charge on any atom is 0.168 e. The Kier molecular flexibility index (Phi) is 6.58. The van der Waals surface area contributed by atoms with E-state index in [0.717, 1.165) is 37.0 Å². The number of carbonyl (C=O) groups excluding carboxylic acids is 1. The predicted octanol–water partition coefficient (Wildman–Crippen LogP) is 3.78. The van der Waals surface area contributed by atoms with Crippen molar-refractivity contribution in [1.29, 1.82) is 0 Å². The van der Waals surface area contributed by atoms with Crippen molar-refractivity contribution in [2.45, 2.75) is 50.9 Å². The van der Waals surface area contributed by atoms with E-state index in [1.807, 2.05) is 36.4 Å². The maximum absolute atomic E-state index is 12.7. The molecule has 27 heavy (non-hydrogen) atoms. The second-order valence-electron chi connectivity index (χ2n) is 7.35. The molecule has 4 nitrogen and oxygen atoms in total. The van der Waals surface area contributed by atoms with E-state index in [9.17, 15) is 9.90 Å². The molecular weight excluding hydrogens is 382 g/mol. The van der Waals surface area contributed by atoms with E-state index in [2.05, 4.69) is 12.2 Å². The van der Waals surface area contributed by atoms with E-state index < -0.39 is 6.10 Å². The van der Waals surface area contributed by atoms with Crippen molar-refractivity contribution >= 4 is 29.5 Å². The number of rotatable bonds is 5. The molecule has 1 heterocycles. The van der Waals surface area contributed by atoms with E-state index >= 15 is 0 Å². The zero-order valence-electron chi connectivity index (χ0n) is 15.4. The molecule has 6 heteroatoms. The third-order valence-corrected chi connectivity index (χ3v) is 6.61. The molecule has 0 bridgehead atoms. The van der Waals surface area contributed by atoms with E-state index in [4.69, 9.17) is 4.74 Å². The molecule has 1 aromatic heterocycles. The second kappa shape index (κ2) is 8.74. The van der Waals surface area contributed by atoms with Crippen LogP contribution in [0.2, 0.25) is 0 Å². The number of carbonyl (C=O) groups is 1. The van der Waals surface area contributed by atoms with Crippen LogP contribution < -0.4 is 10.1 Å². The van der Waals surface area contributed by atoms with Crippen LogP contribution >= 0.6 is 23.7 Å². The first-order chi connectivity index (χ1) is 12.6. The zero-order chi connectivity index (χ0) is 18.1. The molecule has 0 aliphatic heterocycles. The SMILES string of the molecule is Cc1cc2c(s1)CCC(CN[C@@H]1CC[C@H](Oc3ccccc3)[C@H]1O)C2=O.Cl. The van der Waals surface area contributed by atoms with Crippen molar-refractivity contribution in [3.63, 3.8) is 0 Å². The third kappa shape index (κ3) is 4.37. The largest absolute Gasteiger partial charge is 0.488 e. The summed E-state index contributed by atoms with van der Waals surface area (Å²) in [6, 6.07) is 11.7.